The van der Waals surface area contributed by atoms with Crippen molar-refractivity contribution in [3.63, 3.8) is 0 Å². The summed E-state index contributed by atoms with van der Waals surface area (Å²) in [4.78, 5) is 16.5. The van der Waals surface area contributed by atoms with E-state index in [-0.39, 0.29) is 6.42 Å². The molecule has 0 aliphatic heterocycles. The van der Waals surface area contributed by atoms with Crippen molar-refractivity contribution >= 4 is 17.4 Å². The Labute approximate surface area is 97.7 Å². The molecular formula is C10H13N5O2. The number of aliphatic carboxylic acids is 1. The van der Waals surface area contributed by atoms with Gasteiger partial charge in [0.05, 0.1) is 6.42 Å². The fraction of sp³-hybridized carbons (Fsp3) is 0.400. The molecule has 7 heteroatoms. The van der Waals surface area contributed by atoms with Gasteiger partial charge in [-0.2, -0.15) is 0 Å². The number of aromatic nitrogens is 4. The summed E-state index contributed by atoms with van der Waals surface area (Å²) < 4.78 is 1.82. The lowest BCUT2D eigenvalue weighted by Gasteiger charge is -2.16. The van der Waals surface area contributed by atoms with Gasteiger partial charge in [-0.25, -0.2) is 4.98 Å². The second-order valence-electron chi connectivity index (χ2n) is 3.76. The molecule has 0 fully saturated rings. The van der Waals surface area contributed by atoms with E-state index < -0.39 is 5.97 Å². The molecule has 0 saturated heterocycles. The second-order valence-corrected chi connectivity index (χ2v) is 3.76. The summed E-state index contributed by atoms with van der Waals surface area (Å²) in [6.45, 7) is 2.23. The van der Waals surface area contributed by atoms with Crippen LogP contribution in [-0.4, -0.2) is 44.3 Å². The number of fused-ring (bicyclic) bond motifs is 1. The number of carbonyl (C=O) groups is 1. The maximum absolute atomic E-state index is 10.5. The van der Waals surface area contributed by atoms with Crippen molar-refractivity contribution in [3.8, 4) is 0 Å². The molecule has 0 radical (unpaired) electrons. The molecule has 2 aromatic rings. The molecule has 2 heterocycles. The van der Waals surface area contributed by atoms with Gasteiger partial charge < -0.3 is 10.0 Å². The molecule has 17 heavy (non-hydrogen) atoms. The zero-order valence-corrected chi connectivity index (χ0v) is 9.66. The Hall–Kier alpha value is -2.18. The zero-order chi connectivity index (χ0) is 12.4. The fourth-order valence-corrected chi connectivity index (χ4v) is 1.57. The molecule has 0 unspecified atom stereocenters. The van der Waals surface area contributed by atoms with Crippen LogP contribution < -0.4 is 4.90 Å². The standard InChI is InChI=1S/C10H13N5O2/c1-7-12-13-10-9(11-4-6-15(7)10)14(2)5-3-8(16)17/h4,6H,3,5H2,1-2H3,(H,16,17). The van der Waals surface area contributed by atoms with Gasteiger partial charge in [0.25, 0.3) is 0 Å². The van der Waals surface area contributed by atoms with Gasteiger partial charge in [0.1, 0.15) is 5.82 Å². The lowest BCUT2D eigenvalue weighted by Crippen LogP contribution is -2.22. The molecule has 0 amide bonds. The van der Waals surface area contributed by atoms with Gasteiger partial charge in [-0.1, -0.05) is 0 Å². The van der Waals surface area contributed by atoms with E-state index in [1.807, 2.05) is 11.3 Å². The summed E-state index contributed by atoms with van der Waals surface area (Å²) in [5, 5.41) is 16.6. The topological polar surface area (TPSA) is 83.6 Å². The average molecular weight is 235 g/mol. The van der Waals surface area contributed by atoms with Crippen LogP contribution in [0.25, 0.3) is 5.65 Å². The van der Waals surface area contributed by atoms with Crippen molar-refractivity contribution in [2.75, 3.05) is 18.5 Å². The second kappa shape index (κ2) is 4.36. The highest BCUT2D eigenvalue weighted by molar-refractivity contribution is 5.69. The SMILES string of the molecule is Cc1nnc2c(N(C)CCC(=O)O)nccn12. The van der Waals surface area contributed by atoms with Crippen molar-refractivity contribution < 1.29 is 9.90 Å². The molecule has 0 aliphatic carbocycles. The molecule has 0 aromatic carbocycles. The first-order valence-corrected chi connectivity index (χ1v) is 5.19. The summed E-state index contributed by atoms with van der Waals surface area (Å²) >= 11 is 0. The average Bonchev–Trinajstić information content (AvgIpc) is 2.68. The molecule has 0 atom stereocenters. The number of carboxylic acid groups (broad SMARTS) is 1. The van der Waals surface area contributed by atoms with Crippen LogP contribution in [0.15, 0.2) is 12.4 Å². The Morgan fingerprint density at radius 1 is 1.53 bits per heavy atom. The van der Waals surface area contributed by atoms with Crippen LogP contribution in [0.2, 0.25) is 0 Å². The predicted octanol–water partition coefficient (Wildman–Crippen LogP) is 0.344. The maximum atomic E-state index is 10.5. The van der Waals surface area contributed by atoms with Gasteiger partial charge in [0.15, 0.2) is 5.82 Å². The third-order valence-electron chi connectivity index (χ3n) is 2.50. The normalized spacial score (nSPS) is 10.7. The fourth-order valence-electron chi connectivity index (χ4n) is 1.57. The number of hydrogen-bond donors (Lipinski definition) is 1. The summed E-state index contributed by atoms with van der Waals surface area (Å²) in [5.74, 6) is 0.575. The first kappa shape index (κ1) is 11.3. The number of carboxylic acids is 1. The van der Waals surface area contributed by atoms with Gasteiger partial charge in [-0.15, -0.1) is 10.2 Å². The Balaban J connectivity index is 2.31. The van der Waals surface area contributed by atoms with Crippen molar-refractivity contribution in [2.24, 2.45) is 0 Å². The van der Waals surface area contributed by atoms with Crippen LogP contribution in [0.5, 0.6) is 0 Å². The van der Waals surface area contributed by atoms with E-state index >= 15 is 0 Å². The van der Waals surface area contributed by atoms with Gasteiger partial charge in [0, 0.05) is 26.0 Å². The van der Waals surface area contributed by atoms with Gasteiger partial charge in [0.2, 0.25) is 5.65 Å². The van der Waals surface area contributed by atoms with Crippen molar-refractivity contribution in [3.05, 3.63) is 18.2 Å². The van der Waals surface area contributed by atoms with Gasteiger partial charge in [-0.05, 0) is 6.92 Å². The van der Waals surface area contributed by atoms with Gasteiger partial charge >= 0.3 is 5.97 Å². The monoisotopic (exact) mass is 235 g/mol. The van der Waals surface area contributed by atoms with Crippen LogP contribution in [0.1, 0.15) is 12.2 Å². The molecule has 2 rings (SSSR count). The van der Waals surface area contributed by atoms with Crippen LogP contribution >= 0.6 is 0 Å². The first-order chi connectivity index (χ1) is 8.09. The molecule has 2 aromatic heterocycles. The summed E-state index contributed by atoms with van der Waals surface area (Å²) in [5.41, 5.74) is 0.637. The number of anilines is 1. The molecule has 7 nitrogen and oxygen atoms in total. The van der Waals surface area contributed by atoms with Crippen LogP contribution in [0, 0.1) is 6.92 Å². The highest BCUT2D eigenvalue weighted by atomic mass is 16.4. The molecule has 0 bridgehead atoms. The minimum Gasteiger partial charge on any atom is -0.481 e. The van der Waals surface area contributed by atoms with E-state index in [0.29, 0.717) is 18.0 Å². The molecular weight excluding hydrogens is 222 g/mol. The van der Waals surface area contributed by atoms with Crippen molar-refractivity contribution in [1.82, 2.24) is 19.6 Å². The molecule has 90 valence electrons. The Bertz CT molecular complexity index is 551. The van der Waals surface area contributed by atoms with E-state index in [4.69, 9.17) is 5.11 Å². The summed E-state index contributed by atoms with van der Waals surface area (Å²) in [7, 11) is 1.79. The Morgan fingerprint density at radius 2 is 2.29 bits per heavy atom. The number of nitrogens with zero attached hydrogens (tertiary/aromatic N) is 5. The quantitative estimate of drug-likeness (QED) is 0.822. The molecule has 0 spiro atoms. The van der Waals surface area contributed by atoms with E-state index in [2.05, 4.69) is 15.2 Å². The molecule has 1 N–H and O–H groups in total. The summed E-state index contributed by atoms with van der Waals surface area (Å²) in [6.07, 6.45) is 3.49. The number of aryl methyl sites for hydroxylation is 1. The smallest absolute Gasteiger partial charge is 0.305 e. The van der Waals surface area contributed by atoms with Gasteiger partial charge in [-0.3, -0.25) is 9.20 Å². The minimum absolute atomic E-state index is 0.0619. The third kappa shape index (κ3) is 2.17. The molecule has 0 saturated carbocycles. The minimum atomic E-state index is -0.832. The van der Waals surface area contributed by atoms with Crippen LogP contribution in [0.4, 0.5) is 5.82 Å². The largest absolute Gasteiger partial charge is 0.481 e. The zero-order valence-electron chi connectivity index (χ0n) is 9.66. The van der Waals surface area contributed by atoms with Crippen LogP contribution in [0.3, 0.4) is 0 Å². The van der Waals surface area contributed by atoms with Crippen molar-refractivity contribution in [2.45, 2.75) is 13.3 Å². The van der Waals surface area contributed by atoms with E-state index in [1.54, 1.807) is 24.3 Å². The lowest BCUT2D eigenvalue weighted by atomic mass is 10.4. The number of hydrogen-bond acceptors (Lipinski definition) is 5. The Kier molecular flexibility index (Phi) is 2.90. The van der Waals surface area contributed by atoms with E-state index in [1.165, 1.54) is 0 Å². The highest BCUT2D eigenvalue weighted by Gasteiger charge is 2.12. The van der Waals surface area contributed by atoms with Crippen LogP contribution in [-0.2, 0) is 4.79 Å². The highest BCUT2D eigenvalue weighted by Crippen LogP contribution is 2.15. The first-order valence-electron chi connectivity index (χ1n) is 5.19. The Morgan fingerprint density at radius 3 is 3.00 bits per heavy atom. The van der Waals surface area contributed by atoms with E-state index in [9.17, 15) is 4.79 Å². The summed E-state index contributed by atoms with van der Waals surface area (Å²) in [6, 6.07) is 0. The van der Waals surface area contributed by atoms with Crippen molar-refractivity contribution in [1.29, 1.82) is 0 Å². The lowest BCUT2D eigenvalue weighted by molar-refractivity contribution is -0.136. The molecule has 0 aliphatic rings. The van der Waals surface area contributed by atoms with E-state index in [0.717, 1.165) is 5.82 Å². The predicted molar refractivity (Wildman–Crippen MR) is 61.0 cm³/mol. The third-order valence-corrected chi connectivity index (χ3v) is 2.50. The number of rotatable bonds is 4. The maximum Gasteiger partial charge on any atom is 0.305 e.